The number of halogens is 2. The lowest BCUT2D eigenvalue weighted by Gasteiger charge is -2.14. The van der Waals surface area contributed by atoms with Gasteiger partial charge in [-0.05, 0) is 31.0 Å². The topological polar surface area (TPSA) is 84.5 Å². The smallest absolute Gasteiger partial charge is 0.264 e. The summed E-state index contributed by atoms with van der Waals surface area (Å²) in [5.74, 6) is -0.381. The summed E-state index contributed by atoms with van der Waals surface area (Å²) in [4.78, 5) is 12.3. The van der Waals surface area contributed by atoms with Crippen molar-refractivity contribution in [2.75, 3.05) is 17.9 Å². The third-order valence-corrected chi connectivity index (χ3v) is 6.96. The zero-order valence-electron chi connectivity index (χ0n) is 13.5. The normalized spacial score (nSPS) is 17.2. The Balaban J connectivity index is 1.78. The molecule has 1 aromatic carbocycles. The van der Waals surface area contributed by atoms with E-state index >= 15 is 0 Å². The van der Waals surface area contributed by atoms with Crippen LogP contribution < -0.4 is 10.0 Å². The Morgan fingerprint density at radius 2 is 2.08 bits per heavy atom. The molecule has 1 atom stereocenters. The largest absolute Gasteiger partial charge is 0.376 e. The van der Waals surface area contributed by atoms with Crippen molar-refractivity contribution in [3.8, 4) is 0 Å². The van der Waals surface area contributed by atoms with E-state index in [4.69, 9.17) is 27.9 Å². The molecule has 1 aliphatic heterocycles. The molecule has 140 valence electrons. The number of para-hydroxylation sites is 1. The number of amides is 1. The van der Waals surface area contributed by atoms with Gasteiger partial charge >= 0.3 is 0 Å². The average molecular weight is 435 g/mol. The maximum Gasteiger partial charge on any atom is 0.264 e. The molecule has 2 heterocycles. The van der Waals surface area contributed by atoms with Gasteiger partial charge in [-0.25, -0.2) is 8.42 Å². The van der Waals surface area contributed by atoms with E-state index in [1.54, 1.807) is 18.2 Å². The lowest BCUT2D eigenvalue weighted by atomic mass is 10.1. The van der Waals surface area contributed by atoms with Crippen molar-refractivity contribution in [1.29, 1.82) is 0 Å². The lowest BCUT2D eigenvalue weighted by Crippen LogP contribution is -2.32. The Labute approximate surface area is 165 Å². The Kier molecular flexibility index (Phi) is 6.09. The summed E-state index contributed by atoms with van der Waals surface area (Å²) < 4.78 is 33.4. The van der Waals surface area contributed by atoms with Crippen LogP contribution in [-0.4, -0.2) is 33.6 Å². The molecule has 0 unspecified atom stereocenters. The molecule has 0 bridgehead atoms. The summed E-state index contributed by atoms with van der Waals surface area (Å²) in [6.07, 6.45) is 1.86. The molecule has 1 fully saturated rings. The molecule has 3 rings (SSSR count). The van der Waals surface area contributed by atoms with Gasteiger partial charge in [-0.2, -0.15) is 0 Å². The first kappa shape index (κ1) is 19.4. The zero-order chi connectivity index (χ0) is 18.7. The van der Waals surface area contributed by atoms with Crippen LogP contribution in [-0.2, 0) is 14.8 Å². The highest BCUT2D eigenvalue weighted by molar-refractivity contribution is 7.93. The number of carbonyl (C=O) groups excluding carboxylic acids is 1. The fourth-order valence-corrected chi connectivity index (χ4v) is 5.82. The van der Waals surface area contributed by atoms with Gasteiger partial charge < -0.3 is 10.1 Å². The molecule has 26 heavy (non-hydrogen) atoms. The van der Waals surface area contributed by atoms with Gasteiger partial charge in [0.2, 0.25) is 0 Å². The second kappa shape index (κ2) is 8.14. The van der Waals surface area contributed by atoms with Crippen molar-refractivity contribution < 1.29 is 17.9 Å². The van der Waals surface area contributed by atoms with Gasteiger partial charge in [-0.15, -0.1) is 11.3 Å². The highest BCUT2D eigenvalue weighted by Crippen LogP contribution is 2.35. The van der Waals surface area contributed by atoms with Crippen molar-refractivity contribution in [1.82, 2.24) is 5.32 Å². The molecule has 1 amide bonds. The maximum absolute atomic E-state index is 12.6. The third-order valence-electron chi connectivity index (χ3n) is 3.85. The number of ether oxygens (including phenoxy) is 1. The number of carbonyl (C=O) groups is 1. The predicted octanol–water partition coefficient (Wildman–Crippen LogP) is 3.76. The average Bonchev–Trinajstić information content (AvgIpc) is 3.22. The molecule has 10 heteroatoms. The minimum atomic E-state index is -3.97. The molecule has 6 nitrogen and oxygen atoms in total. The first-order valence-electron chi connectivity index (χ1n) is 7.83. The predicted molar refractivity (Wildman–Crippen MR) is 103 cm³/mol. The molecular formula is C16H16Cl2N2O4S2. The molecular weight excluding hydrogens is 419 g/mol. The summed E-state index contributed by atoms with van der Waals surface area (Å²) in [7, 11) is -3.97. The Morgan fingerprint density at radius 1 is 1.31 bits per heavy atom. The quantitative estimate of drug-likeness (QED) is 0.724. The van der Waals surface area contributed by atoms with Crippen LogP contribution in [0.25, 0.3) is 0 Å². The first-order chi connectivity index (χ1) is 12.4. The Hall–Kier alpha value is -1.32. The summed E-state index contributed by atoms with van der Waals surface area (Å²) >= 11 is 12.7. The number of nitrogens with one attached hydrogen (secondary N) is 2. The van der Waals surface area contributed by atoms with E-state index in [-0.39, 0.29) is 36.8 Å². The fourth-order valence-electron chi connectivity index (χ4n) is 2.59. The zero-order valence-corrected chi connectivity index (χ0v) is 16.6. The van der Waals surface area contributed by atoms with Gasteiger partial charge in [0.05, 0.1) is 21.7 Å². The van der Waals surface area contributed by atoms with Crippen molar-refractivity contribution in [2.45, 2.75) is 23.8 Å². The summed E-state index contributed by atoms with van der Waals surface area (Å²) in [6, 6.07) is 7.63. The SMILES string of the molecule is O=C(NC[C@H]1CCCO1)c1ccccc1NS(=O)(=O)c1cc(Cl)sc1Cl. The molecule has 2 aromatic rings. The van der Waals surface area contributed by atoms with Crippen LogP contribution in [0.5, 0.6) is 0 Å². The van der Waals surface area contributed by atoms with E-state index in [9.17, 15) is 13.2 Å². The first-order valence-corrected chi connectivity index (χ1v) is 10.9. The molecule has 1 aromatic heterocycles. The maximum atomic E-state index is 12.6. The lowest BCUT2D eigenvalue weighted by molar-refractivity contribution is 0.0858. The van der Waals surface area contributed by atoms with Gasteiger partial charge in [-0.3, -0.25) is 9.52 Å². The second-order valence-corrected chi connectivity index (χ2v) is 9.62. The number of rotatable bonds is 6. The van der Waals surface area contributed by atoms with E-state index in [1.165, 1.54) is 12.1 Å². The van der Waals surface area contributed by atoms with Gasteiger partial charge in [-0.1, -0.05) is 35.3 Å². The van der Waals surface area contributed by atoms with Crippen LogP contribution in [0.3, 0.4) is 0 Å². The summed E-state index contributed by atoms with van der Waals surface area (Å²) in [5, 5.41) is 2.78. The van der Waals surface area contributed by atoms with Gasteiger partial charge in [0, 0.05) is 13.2 Å². The number of hydrogen-bond acceptors (Lipinski definition) is 5. The molecule has 2 N–H and O–H groups in total. The number of hydrogen-bond donors (Lipinski definition) is 2. The van der Waals surface area contributed by atoms with Crippen LogP contribution in [0.2, 0.25) is 8.67 Å². The van der Waals surface area contributed by atoms with Gasteiger partial charge in [0.1, 0.15) is 9.23 Å². The van der Waals surface area contributed by atoms with Crippen LogP contribution >= 0.6 is 34.5 Å². The fraction of sp³-hybridized carbons (Fsp3) is 0.312. The number of thiophene rings is 1. The molecule has 0 spiro atoms. The van der Waals surface area contributed by atoms with Crippen molar-refractivity contribution in [3.05, 3.63) is 44.6 Å². The highest BCUT2D eigenvalue weighted by atomic mass is 35.5. The molecule has 1 aliphatic rings. The number of anilines is 1. The number of benzene rings is 1. The molecule has 0 radical (unpaired) electrons. The summed E-state index contributed by atoms with van der Waals surface area (Å²) in [5.41, 5.74) is 0.377. The van der Waals surface area contributed by atoms with E-state index in [0.717, 1.165) is 24.2 Å². The van der Waals surface area contributed by atoms with E-state index in [0.29, 0.717) is 13.2 Å². The Bertz CT molecular complexity index is 909. The van der Waals surface area contributed by atoms with Crippen LogP contribution in [0.1, 0.15) is 23.2 Å². The Morgan fingerprint density at radius 3 is 2.73 bits per heavy atom. The van der Waals surface area contributed by atoms with Crippen LogP contribution in [0.15, 0.2) is 35.2 Å². The highest BCUT2D eigenvalue weighted by Gasteiger charge is 2.24. The minimum Gasteiger partial charge on any atom is -0.376 e. The van der Waals surface area contributed by atoms with E-state index in [1.807, 2.05) is 0 Å². The van der Waals surface area contributed by atoms with Gasteiger partial charge in [0.15, 0.2) is 0 Å². The van der Waals surface area contributed by atoms with Crippen LogP contribution in [0, 0.1) is 0 Å². The molecule has 1 saturated heterocycles. The van der Waals surface area contributed by atoms with Gasteiger partial charge in [0.25, 0.3) is 15.9 Å². The van der Waals surface area contributed by atoms with E-state index in [2.05, 4.69) is 10.0 Å². The summed E-state index contributed by atoms with van der Waals surface area (Å²) in [6.45, 7) is 1.08. The van der Waals surface area contributed by atoms with Crippen molar-refractivity contribution in [3.63, 3.8) is 0 Å². The van der Waals surface area contributed by atoms with Crippen molar-refractivity contribution in [2.24, 2.45) is 0 Å². The van der Waals surface area contributed by atoms with E-state index < -0.39 is 10.0 Å². The monoisotopic (exact) mass is 434 g/mol. The second-order valence-electron chi connectivity index (χ2n) is 5.68. The molecule has 0 saturated carbocycles. The number of sulfonamides is 1. The standard InChI is InChI=1S/C16H16Cl2N2O4S2/c17-14-8-13(15(18)25-14)26(22,23)20-12-6-2-1-5-11(12)16(21)19-9-10-4-3-7-24-10/h1-2,5-6,8,10,20H,3-4,7,9H2,(H,19,21)/t10-/m1/s1. The third kappa shape index (κ3) is 4.50. The van der Waals surface area contributed by atoms with Crippen molar-refractivity contribution >= 4 is 56.2 Å². The van der Waals surface area contributed by atoms with Crippen LogP contribution in [0.4, 0.5) is 5.69 Å². The molecule has 0 aliphatic carbocycles. The minimum absolute atomic E-state index is 0.00504.